The number of aryl methyl sites for hydroxylation is 4. The fraction of sp³-hybridized carbons (Fsp3) is 0.406. The topological polar surface area (TPSA) is 78.9 Å². The number of carbonyl (C=O) groups excluding carboxylic acids is 1. The molecule has 3 aromatic carbocycles. The lowest BCUT2D eigenvalue weighted by Crippen LogP contribution is -2.09. The number of methoxy groups -OCH3 is 1. The maximum absolute atomic E-state index is 11.7. The molecule has 0 saturated heterocycles. The van der Waals surface area contributed by atoms with Crippen molar-refractivity contribution in [2.75, 3.05) is 32.3 Å². The van der Waals surface area contributed by atoms with Gasteiger partial charge in [-0.3, -0.25) is 4.79 Å². The van der Waals surface area contributed by atoms with Crippen molar-refractivity contribution < 1.29 is 27.4 Å². The zero-order valence-corrected chi connectivity index (χ0v) is 24.3. The van der Waals surface area contributed by atoms with Gasteiger partial charge in [0.05, 0.1) is 32.5 Å². The molecule has 6 nitrogen and oxygen atoms in total. The summed E-state index contributed by atoms with van der Waals surface area (Å²) in [6, 6.07) is 16.9. The molecular formula is C32H38O6S. The standard InChI is InChI=1S/C32H38O6S/c1-21-16-27(37-14-7-15-39(5,34)35)17-22(2)32(21)28-9-6-8-25(23(28)3)12-10-24-11-13-29-26(19-31(33)36-4)20-38-30(29)18-24/h6,8-9,11,13,16-18,26H,7,10,12,14-15,19-20H2,1-5H3/t26-/m1/s1. The fourth-order valence-corrected chi connectivity index (χ4v) is 6.02. The van der Waals surface area contributed by atoms with Crippen LogP contribution in [-0.4, -0.2) is 46.7 Å². The van der Waals surface area contributed by atoms with E-state index in [9.17, 15) is 13.2 Å². The third kappa shape index (κ3) is 7.21. The van der Waals surface area contributed by atoms with Crippen molar-refractivity contribution in [2.45, 2.75) is 52.4 Å². The average Bonchev–Trinajstić information content (AvgIpc) is 3.27. The van der Waals surface area contributed by atoms with Gasteiger partial charge in [-0.15, -0.1) is 0 Å². The number of carbonyl (C=O) groups is 1. The van der Waals surface area contributed by atoms with Crippen molar-refractivity contribution in [3.63, 3.8) is 0 Å². The van der Waals surface area contributed by atoms with Gasteiger partial charge in [0.15, 0.2) is 0 Å². The third-order valence-electron chi connectivity index (χ3n) is 7.43. The molecular weight excluding hydrogens is 512 g/mol. The van der Waals surface area contributed by atoms with Gasteiger partial charge in [0.25, 0.3) is 0 Å². The number of rotatable bonds is 11. The summed E-state index contributed by atoms with van der Waals surface area (Å²) in [5, 5.41) is 0. The van der Waals surface area contributed by atoms with Crippen molar-refractivity contribution in [2.24, 2.45) is 0 Å². The van der Waals surface area contributed by atoms with Crippen molar-refractivity contribution in [1.82, 2.24) is 0 Å². The van der Waals surface area contributed by atoms with E-state index in [1.165, 1.54) is 41.2 Å². The Morgan fingerprint density at radius 3 is 2.46 bits per heavy atom. The van der Waals surface area contributed by atoms with Gasteiger partial charge >= 0.3 is 5.97 Å². The molecule has 208 valence electrons. The van der Waals surface area contributed by atoms with Gasteiger partial charge in [-0.2, -0.15) is 0 Å². The monoisotopic (exact) mass is 550 g/mol. The Morgan fingerprint density at radius 2 is 1.77 bits per heavy atom. The summed E-state index contributed by atoms with van der Waals surface area (Å²) in [5.74, 6) is 1.61. The Kier molecular flexibility index (Phi) is 9.01. The Bertz CT molecular complexity index is 1430. The molecule has 0 unspecified atom stereocenters. The van der Waals surface area contributed by atoms with Gasteiger partial charge in [-0.1, -0.05) is 30.3 Å². The van der Waals surface area contributed by atoms with E-state index >= 15 is 0 Å². The molecule has 0 aromatic heterocycles. The quantitative estimate of drug-likeness (QED) is 0.218. The maximum atomic E-state index is 11.7. The van der Waals surface area contributed by atoms with Gasteiger partial charge in [0.2, 0.25) is 0 Å². The number of benzene rings is 3. The number of ether oxygens (including phenoxy) is 3. The first-order chi connectivity index (χ1) is 18.6. The first kappa shape index (κ1) is 28.7. The van der Waals surface area contributed by atoms with Crippen LogP contribution in [0.5, 0.6) is 11.5 Å². The summed E-state index contributed by atoms with van der Waals surface area (Å²) >= 11 is 0. The average molecular weight is 551 g/mol. The summed E-state index contributed by atoms with van der Waals surface area (Å²) in [6.07, 6.45) is 3.86. The molecule has 4 rings (SSSR count). The Hall–Kier alpha value is -3.32. The Morgan fingerprint density at radius 1 is 1.03 bits per heavy atom. The summed E-state index contributed by atoms with van der Waals surface area (Å²) in [5.41, 5.74) is 9.54. The van der Waals surface area contributed by atoms with E-state index < -0.39 is 9.84 Å². The van der Waals surface area contributed by atoms with Crippen molar-refractivity contribution >= 4 is 15.8 Å². The van der Waals surface area contributed by atoms with Crippen LogP contribution in [0.1, 0.15) is 52.1 Å². The SMILES string of the molecule is COC(=O)C[C@@H]1COc2cc(CCc3cccc(-c4c(C)cc(OCCCS(C)(=O)=O)cc4C)c3C)ccc21. The Labute approximate surface area is 232 Å². The summed E-state index contributed by atoms with van der Waals surface area (Å²) in [7, 11) is -1.57. The summed E-state index contributed by atoms with van der Waals surface area (Å²) in [4.78, 5) is 11.7. The summed E-state index contributed by atoms with van der Waals surface area (Å²) in [6.45, 7) is 7.26. The number of hydrogen-bond acceptors (Lipinski definition) is 6. The highest BCUT2D eigenvalue weighted by Crippen LogP contribution is 2.38. The molecule has 0 N–H and O–H groups in total. The molecule has 39 heavy (non-hydrogen) atoms. The van der Waals surface area contributed by atoms with Crippen LogP contribution < -0.4 is 9.47 Å². The smallest absolute Gasteiger partial charge is 0.306 e. The van der Waals surface area contributed by atoms with Crippen molar-refractivity contribution in [3.05, 3.63) is 81.9 Å². The van der Waals surface area contributed by atoms with Crippen LogP contribution in [0, 0.1) is 20.8 Å². The molecule has 0 aliphatic carbocycles. The van der Waals surface area contributed by atoms with E-state index in [1.54, 1.807) is 0 Å². The first-order valence-corrected chi connectivity index (χ1v) is 15.4. The zero-order valence-electron chi connectivity index (χ0n) is 23.5. The zero-order chi connectivity index (χ0) is 28.2. The van der Waals surface area contributed by atoms with Crippen LogP contribution in [0.15, 0.2) is 48.5 Å². The fourth-order valence-electron chi connectivity index (χ4n) is 5.38. The van der Waals surface area contributed by atoms with Crippen molar-refractivity contribution in [1.29, 1.82) is 0 Å². The molecule has 0 bridgehead atoms. The molecule has 7 heteroatoms. The van der Waals surface area contributed by atoms with Crippen LogP contribution in [0.4, 0.5) is 0 Å². The largest absolute Gasteiger partial charge is 0.494 e. The lowest BCUT2D eigenvalue weighted by molar-refractivity contribution is -0.141. The van der Waals surface area contributed by atoms with Crippen LogP contribution in [-0.2, 0) is 32.2 Å². The highest BCUT2D eigenvalue weighted by atomic mass is 32.2. The molecule has 0 radical (unpaired) electrons. The molecule has 1 atom stereocenters. The van der Waals surface area contributed by atoms with Gasteiger partial charge in [-0.25, -0.2) is 8.42 Å². The lowest BCUT2D eigenvalue weighted by Gasteiger charge is -2.18. The van der Waals surface area contributed by atoms with E-state index in [1.807, 2.05) is 12.1 Å². The first-order valence-electron chi connectivity index (χ1n) is 13.4. The third-order valence-corrected chi connectivity index (χ3v) is 8.46. The van der Waals surface area contributed by atoms with Crippen LogP contribution in [0.2, 0.25) is 0 Å². The van der Waals surface area contributed by atoms with E-state index in [-0.39, 0.29) is 17.6 Å². The second kappa shape index (κ2) is 12.2. The van der Waals surface area contributed by atoms with Crippen LogP contribution >= 0.6 is 0 Å². The number of hydrogen-bond donors (Lipinski definition) is 0. The van der Waals surface area contributed by atoms with Crippen molar-refractivity contribution in [3.8, 4) is 22.6 Å². The van der Waals surface area contributed by atoms with Crippen LogP contribution in [0.25, 0.3) is 11.1 Å². The highest BCUT2D eigenvalue weighted by molar-refractivity contribution is 7.90. The minimum Gasteiger partial charge on any atom is -0.494 e. The molecule has 3 aromatic rings. The number of fused-ring (bicyclic) bond motifs is 1. The molecule has 1 aliphatic rings. The molecule has 0 saturated carbocycles. The highest BCUT2D eigenvalue weighted by Gasteiger charge is 2.27. The minimum absolute atomic E-state index is 0.0520. The minimum atomic E-state index is -2.98. The predicted molar refractivity (Wildman–Crippen MR) is 155 cm³/mol. The predicted octanol–water partition coefficient (Wildman–Crippen LogP) is 5.92. The number of esters is 1. The van der Waals surface area contributed by atoms with E-state index in [2.05, 4.69) is 57.2 Å². The molecule has 1 aliphatic heterocycles. The van der Waals surface area contributed by atoms with E-state index in [4.69, 9.17) is 14.2 Å². The van der Waals surface area contributed by atoms with Gasteiger partial charge in [0.1, 0.15) is 21.3 Å². The number of sulfone groups is 1. The molecule has 0 fully saturated rings. The van der Waals surface area contributed by atoms with E-state index in [0.717, 1.165) is 41.0 Å². The van der Waals surface area contributed by atoms with Crippen LogP contribution in [0.3, 0.4) is 0 Å². The Balaban J connectivity index is 1.45. The van der Waals surface area contributed by atoms with E-state index in [0.29, 0.717) is 26.1 Å². The molecule has 0 spiro atoms. The maximum Gasteiger partial charge on any atom is 0.306 e. The molecule has 1 heterocycles. The normalized spacial score (nSPS) is 14.5. The van der Waals surface area contributed by atoms with Gasteiger partial charge in [-0.05, 0) is 97.2 Å². The van der Waals surface area contributed by atoms with Gasteiger partial charge < -0.3 is 14.2 Å². The lowest BCUT2D eigenvalue weighted by atomic mass is 9.88. The second-order valence-corrected chi connectivity index (χ2v) is 12.8. The molecule has 0 amide bonds. The summed E-state index contributed by atoms with van der Waals surface area (Å²) < 4.78 is 39.3. The second-order valence-electron chi connectivity index (χ2n) is 10.5. The van der Waals surface area contributed by atoms with Gasteiger partial charge in [0, 0.05) is 17.7 Å².